The van der Waals surface area contributed by atoms with Gasteiger partial charge in [-0.15, -0.1) is 0 Å². The second kappa shape index (κ2) is 15.4. The van der Waals surface area contributed by atoms with E-state index in [9.17, 15) is 19.7 Å². The van der Waals surface area contributed by atoms with E-state index in [0.29, 0.717) is 29.3 Å². The molecule has 0 spiro atoms. The van der Waals surface area contributed by atoms with Gasteiger partial charge in [-0.05, 0) is 69.0 Å². The Morgan fingerprint density at radius 3 is 2.30 bits per heavy atom. The normalized spacial score (nSPS) is 14.6. The third-order valence-electron chi connectivity index (χ3n) is 6.90. The minimum Gasteiger partial charge on any atom is -0.463 e. The van der Waals surface area contributed by atoms with Gasteiger partial charge in [-0.1, -0.05) is 24.3 Å². The molecule has 0 saturated carbocycles. The molecule has 0 radical (unpaired) electrons. The van der Waals surface area contributed by atoms with Crippen molar-refractivity contribution in [2.24, 2.45) is 0 Å². The van der Waals surface area contributed by atoms with Crippen LogP contribution < -0.4 is 10.1 Å². The van der Waals surface area contributed by atoms with Gasteiger partial charge in [0.15, 0.2) is 0 Å². The first kappa shape index (κ1) is 31.9. The third-order valence-corrected chi connectivity index (χ3v) is 6.90. The minimum absolute atomic E-state index is 0.00488. The molecule has 3 aromatic rings. The number of hydrogen-bond donors (Lipinski definition) is 1. The SMILES string of the molecule is CCOC(=O)C1=C(C)NC(C)=C(C(=O)OCCOCCCc2ccc(Oc3cccnc3)cc2)C1c1cccc([N+](=O)[O-])c1. The summed E-state index contributed by atoms with van der Waals surface area (Å²) in [5.74, 6) is -0.786. The molecular formula is C33H35N3O8. The standard InChI is InChI=1S/C33H35N3O8/c1-4-42-32(37)29-22(2)35-23(3)30(31(29)25-9-5-10-26(20-25)36(39)40)33(38)43-19-18-41-17-7-8-24-12-14-27(15-13-24)44-28-11-6-16-34-21-28/h5-6,9-16,20-21,31,35H,4,7-8,17-19H2,1-3H3. The van der Waals surface area contributed by atoms with Crippen LogP contribution in [0.3, 0.4) is 0 Å². The fourth-order valence-electron chi connectivity index (χ4n) is 4.91. The second-order valence-corrected chi connectivity index (χ2v) is 9.99. The molecule has 2 aromatic carbocycles. The molecule has 1 N–H and O–H groups in total. The number of nitrogens with one attached hydrogen (secondary N) is 1. The summed E-state index contributed by atoms with van der Waals surface area (Å²) >= 11 is 0. The van der Waals surface area contributed by atoms with Gasteiger partial charge in [0, 0.05) is 36.3 Å². The fourth-order valence-corrected chi connectivity index (χ4v) is 4.91. The maximum Gasteiger partial charge on any atom is 0.336 e. The molecule has 1 unspecified atom stereocenters. The number of benzene rings is 2. The number of ether oxygens (including phenoxy) is 4. The first-order chi connectivity index (χ1) is 21.3. The van der Waals surface area contributed by atoms with E-state index in [2.05, 4.69) is 10.3 Å². The molecule has 0 aliphatic carbocycles. The molecule has 230 valence electrons. The molecule has 1 aliphatic heterocycles. The van der Waals surface area contributed by atoms with Gasteiger partial charge in [0.2, 0.25) is 0 Å². The Labute approximate surface area is 255 Å². The van der Waals surface area contributed by atoms with Crippen LogP contribution >= 0.6 is 0 Å². The van der Waals surface area contributed by atoms with Gasteiger partial charge in [0.05, 0.1) is 41.4 Å². The van der Waals surface area contributed by atoms with Gasteiger partial charge in [-0.2, -0.15) is 0 Å². The lowest BCUT2D eigenvalue weighted by Crippen LogP contribution is -2.32. The van der Waals surface area contributed by atoms with Gasteiger partial charge in [-0.3, -0.25) is 15.1 Å². The highest BCUT2D eigenvalue weighted by Crippen LogP contribution is 2.40. The number of carbonyl (C=O) groups is 2. The van der Waals surface area contributed by atoms with Crippen molar-refractivity contribution in [1.29, 1.82) is 0 Å². The number of dihydropyridines is 1. The molecule has 0 saturated heterocycles. The number of nitro groups is 1. The Bertz CT molecular complexity index is 1530. The number of esters is 2. The highest BCUT2D eigenvalue weighted by atomic mass is 16.6. The largest absolute Gasteiger partial charge is 0.463 e. The number of allylic oxidation sites excluding steroid dienone is 2. The van der Waals surface area contributed by atoms with Crippen LogP contribution in [-0.2, 0) is 30.2 Å². The van der Waals surface area contributed by atoms with Gasteiger partial charge in [-0.25, -0.2) is 9.59 Å². The van der Waals surface area contributed by atoms with Crippen molar-refractivity contribution in [2.45, 2.75) is 39.5 Å². The summed E-state index contributed by atoms with van der Waals surface area (Å²) in [5.41, 5.74) is 2.73. The molecule has 0 bridgehead atoms. The van der Waals surface area contributed by atoms with Crippen molar-refractivity contribution in [3.63, 3.8) is 0 Å². The van der Waals surface area contributed by atoms with E-state index in [0.717, 1.165) is 24.2 Å². The van der Waals surface area contributed by atoms with E-state index >= 15 is 0 Å². The van der Waals surface area contributed by atoms with Gasteiger partial charge in [0.1, 0.15) is 18.1 Å². The average molecular weight is 602 g/mol. The monoisotopic (exact) mass is 601 g/mol. The number of hydrogen-bond acceptors (Lipinski definition) is 10. The lowest BCUT2D eigenvalue weighted by atomic mass is 9.80. The predicted octanol–water partition coefficient (Wildman–Crippen LogP) is 5.77. The number of pyridine rings is 1. The van der Waals surface area contributed by atoms with E-state index in [1.165, 1.54) is 18.2 Å². The van der Waals surface area contributed by atoms with Crippen LogP contribution in [0.4, 0.5) is 5.69 Å². The van der Waals surface area contributed by atoms with Gasteiger partial charge >= 0.3 is 11.9 Å². The molecule has 1 aromatic heterocycles. The number of rotatable bonds is 14. The van der Waals surface area contributed by atoms with Crippen molar-refractivity contribution in [1.82, 2.24) is 10.3 Å². The van der Waals surface area contributed by atoms with E-state index in [-0.39, 0.29) is 36.7 Å². The second-order valence-electron chi connectivity index (χ2n) is 9.99. The fraction of sp³-hybridized carbons (Fsp3) is 0.303. The van der Waals surface area contributed by atoms with Crippen molar-refractivity contribution < 1.29 is 33.5 Å². The van der Waals surface area contributed by atoms with Crippen LogP contribution in [0.25, 0.3) is 0 Å². The molecule has 11 nitrogen and oxygen atoms in total. The predicted molar refractivity (Wildman–Crippen MR) is 162 cm³/mol. The molecule has 11 heteroatoms. The molecule has 44 heavy (non-hydrogen) atoms. The zero-order valence-corrected chi connectivity index (χ0v) is 24.9. The number of non-ortho nitro benzene ring substituents is 1. The van der Waals surface area contributed by atoms with E-state index in [4.69, 9.17) is 18.9 Å². The zero-order chi connectivity index (χ0) is 31.5. The summed E-state index contributed by atoms with van der Waals surface area (Å²) in [4.78, 5) is 41.3. The number of aryl methyl sites for hydroxylation is 1. The highest BCUT2D eigenvalue weighted by Gasteiger charge is 2.38. The van der Waals surface area contributed by atoms with E-state index in [1.807, 2.05) is 36.4 Å². The Morgan fingerprint density at radius 1 is 0.909 bits per heavy atom. The summed E-state index contributed by atoms with van der Waals surface area (Å²) in [5, 5.41) is 14.5. The number of aromatic nitrogens is 1. The molecule has 0 fully saturated rings. The van der Waals surface area contributed by atoms with Crippen molar-refractivity contribution in [2.75, 3.05) is 26.4 Å². The molecule has 1 aliphatic rings. The third kappa shape index (κ3) is 8.29. The lowest BCUT2D eigenvalue weighted by molar-refractivity contribution is -0.384. The smallest absolute Gasteiger partial charge is 0.336 e. The van der Waals surface area contributed by atoms with Crippen LogP contribution in [0.15, 0.2) is 95.6 Å². The van der Waals surface area contributed by atoms with Crippen LogP contribution in [0.1, 0.15) is 44.2 Å². The lowest BCUT2D eigenvalue weighted by Gasteiger charge is -2.30. The Hall–Kier alpha value is -5.03. The quantitative estimate of drug-likeness (QED) is 0.105. The molecule has 2 heterocycles. The zero-order valence-electron chi connectivity index (χ0n) is 24.9. The maximum absolute atomic E-state index is 13.4. The van der Waals surface area contributed by atoms with E-state index in [1.54, 1.807) is 39.2 Å². The summed E-state index contributed by atoms with van der Waals surface area (Å²) in [7, 11) is 0. The summed E-state index contributed by atoms with van der Waals surface area (Å²) in [6.45, 7) is 5.85. The summed E-state index contributed by atoms with van der Waals surface area (Å²) < 4.78 is 22.3. The topological polar surface area (TPSA) is 139 Å². The van der Waals surface area contributed by atoms with Crippen LogP contribution in [0, 0.1) is 10.1 Å². The molecule has 0 amide bonds. The Balaban J connectivity index is 1.31. The summed E-state index contributed by atoms with van der Waals surface area (Å²) in [6.07, 6.45) is 4.92. The first-order valence-electron chi connectivity index (χ1n) is 14.3. The van der Waals surface area contributed by atoms with Crippen LogP contribution in [0.2, 0.25) is 0 Å². The van der Waals surface area contributed by atoms with Gasteiger partial charge in [0.25, 0.3) is 5.69 Å². The Kier molecular flexibility index (Phi) is 11.2. The van der Waals surface area contributed by atoms with E-state index < -0.39 is 22.8 Å². The van der Waals surface area contributed by atoms with Crippen molar-refractivity contribution in [3.05, 3.63) is 117 Å². The highest BCUT2D eigenvalue weighted by molar-refractivity contribution is 6.00. The number of nitro benzene ring substituents is 1. The van der Waals surface area contributed by atoms with Crippen LogP contribution in [0.5, 0.6) is 11.5 Å². The first-order valence-corrected chi connectivity index (χ1v) is 14.3. The molecule has 4 rings (SSSR count). The Morgan fingerprint density at radius 2 is 1.64 bits per heavy atom. The molecule has 1 atom stereocenters. The minimum atomic E-state index is -0.912. The van der Waals surface area contributed by atoms with Gasteiger partial charge < -0.3 is 24.3 Å². The van der Waals surface area contributed by atoms with Crippen molar-refractivity contribution in [3.8, 4) is 11.5 Å². The number of nitrogens with zero attached hydrogens (tertiary/aromatic N) is 2. The molecular weight excluding hydrogens is 566 g/mol. The van der Waals surface area contributed by atoms with Crippen LogP contribution in [-0.4, -0.2) is 48.3 Å². The average Bonchev–Trinajstić information content (AvgIpc) is 3.01. The summed E-state index contributed by atoms with van der Waals surface area (Å²) in [6, 6.07) is 17.3. The van der Waals surface area contributed by atoms with Crippen molar-refractivity contribution >= 4 is 17.6 Å². The number of carbonyl (C=O) groups excluding carboxylic acids is 2. The maximum atomic E-state index is 13.4.